The number of allylic oxidation sites excluding steroid dienone is 3. The highest BCUT2D eigenvalue weighted by atomic mass is 79.9. The lowest BCUT2D eigenvalue weighted by molar-refractivity contribution is 1.04. The molecule has 0 radical (unpaired) electrons. The smallest absolute Gasteiger partial charge is 0.144 e. The first-order valence-electron chi connectivity index (χ1n) is 3.16. The largest absolute Gasteiger partial charge is 0.224 e. The summed E-state index contributed by atoms with van der Waals surface area (Å²) >= 11 is 14.7. The van der Waals surface area contributed by atoms with Crippen LogP contribution in [0.25, 0.3) is 0 Å². The highest BCUT2D eigenvalue weighted by Crippen LogP contribution is 2.19. The Morgan fingerprint density at radius 1 is 1.27 bits per heavy atom. The van der Waals surface area contributed by atoms with Gasteiger partial charge in [0.25, 0.3) is 0 Å². The minimum atomic E-state index is 0.408. The zero-order valence-electron chi connectivity index (χ0n) is 5.65. The van der Waals surface area contributed by atoms with Crippen LogP contribution in [0, 0.1) is 0 Å². The van der Waals surface area contributed by atoms with Gasteiger partial charge in [-0.1, -0.05) is 29.3 Å². The van der Waals surface area contributed by atoms with E-state index in [1.54, 1.807) is 0 Å². The third-order valence-corrected chi connectivity index (χ3v) is 2.66. The molecule has 0 atom stereocenters. The Hall–Kier alpha value is 0.210. The number of nitrogens with zero attached hydrogens (tertiary/aromatic N) is 1. The average molecular weight is 255 g/mol. The van der Waals surface area contributed by atoms with E-state index < -0.39 is 0 Å². The van der Waals surface area contributed by atoms with Crippen LogP contribution in [-0.4, -0.2) is 5.17 Å². The van der Waals surface area contributed by atoms with Gasteiger partial charge >= 0.3 is 0 Å². The summed E-state index contributed by atoms with van der Waals surface area (Å²) in [5.74, 6) is 0. The highest BCUT2D eigenvalue weighted by Gasteiger charge is 2.02. The van der Waals surface area contributed by atoms with Gasteiger partial charge in [-0.25, -0.2) is 4.99 Å². The molecule has 0 bridgehead atoms. The Morgan fingerprint density at radius 2 is 1.91 bits per heavy atom. The first kappa shape index (κ1) is 9.30. The summed E-state index contributed by atoms with van der Waals surface area (Å²) < 4.78 is 0.811. The maximum atomic E-state index is 5.75. The molecule has 0 fully saturated rings. The van der Waals surface area contributed by atoms with Crippen LogP contribution < -0.4 is 0 Å². The molecule has 0 saturated carbocycles. The van der Waals surface area contributed by atoms with Gasteiger partial charge in [0.15, 0.2) is 0 Å². The van der Waals surface area contributed by atoms with Crippen molar-refractivity contribution in [2.24, 2.45) is 4.99 Å². The molecule has 0 amide bonds. The summed E-state index contributed by atoms with van der Waals surface area (Å²) in [6.07, 6.45) is 5.66. The molecule has 0 saturated heterocycles. The summed E-state index contributed by atoms with van der Waals surface area (Å²) in [4.78, 5) is 3.91. The quantitative estimate of drug-likeness (QED) is 0.584. The van der Waals surface area contributed by atoms with Gasteiger partial charge < -0.3 is 0 Å². The first-order valence-corrected chi connectivity index (χ1v) is 4.71. The van der Waals surface area contributed by atoms with Crippen molar-refractivity contribution >= 4 is 44.3 Å². The summed E-state index contributed by atoms with van der Waals surface area (Å²) in [5, 5.41) is 0.867. The van der Waals surface area contributed by atoms with Crippen molar-refractivity contribution in [3.8, 4) is 0 Å². The van der Waals surface area contributed by atoms with E-state index in [2.05, 4.69) is 20.9 Å². The van der Waals surface area contributed by atoms with Gasteiger partial charge in [-0.05, 0) is 34.8 Å². The van der Waals surface area contributed by atoms with Crippen molar-refractivity contribution in [3.63, 3.8) is 0 Å². The Labute approximate surface area is 83.9 Å². The second-order valence-electron chi connectivity index (χ2n) is 2.06. The molecule has 0 N–H and O–H groups in total. The molecule has 0 unspecified atom stereocenters. The zero-order valence-corrected chi connectivity index (χ0v) is 8.75. The van der Waals surface area contributed by atoms with E-state index in [9.17, 15) is 0 Å². The molecule has 11 heavy (non-hydrogen) atoms. The Morgan fingerprint density at radius 3 is 2.64 bits per heavy atom. The number of hydrogen-bond acceptors (Lipinski definition) is 1. The zero-order chi connectivity index (χ0) is 8.27. The van der Waals surface area contributed by atoms with Crippen molar-refractivity contribution in [2.45, 2.75) is 12.8 Å². The van der Waals surface area contributed by atoms with E-state index in [0.717, 1.165) is 17.3 Å². The van der Waals surface area contributed by atoms with Gasteiger partial charge in [-0.2, -0.15) is 0 Å². The van der Waals surface area contributed by atoms with E-state index >= 15 is 0 Å². The van der Waals surface area contributed by atoms with E-state index in [0.29, 0.717) is 10.3 Å². The SMILES string of the molecule is ClC1=CCCC=C(Br)C(Cl)=N1. The van der Waals surface area contributed by atoms with E-state index in [1.165, 1.54) is 0 Å². The van der Waals surface area contributed by atoms with Crippen LogP contribution in [0.4, 0.5) is 0 Å². The first-order chi connectivity index (χ1) is 5.20. The van der Waals surface area contributed by atoms with E-state index in [4.69, 9.17) is 23.2 Å². The van der Waals surface area contributed by atoms with Crippen molar-refractivity contribution in [1.82, 2.24) is 0 Å². The van der Waals surface area contributed by atoms with Crippen LogP contribution in [0.3, 0.4) is 0 Å². The molecule has 1 rings (SSSR count). The number of halogens is 3. The van der Waals surface area contributed by atoms with Gasteiger partial charge in [0.2, 0.25) is 0 Å². The summed E-state index contributed by atoms with van der Waals surface area (Å²) in [6, 6.07) is 0. The molecule has 4 heteroatoms. The van der Waals surface area contributed by atoms with Crippen LogP contribution in [0.15, 0.2) is 26.8 Å². The van der Waals surface area contributed by atoms with Crippen LogP contribution in [0.2, 0.25) is 0 Å². The second-order valence-corrected chi connectivity index (χ2v) is 3.66. The number of rotatable bonds is 0. The molecule has 60 valence electrons. The average Bonchev–Trinajstić information content (AvgIpc) is 1.95. The lowest BCUT2D eigenvalue weighted by Crippen LogP contribution is -1.89. The molecule has 0 aromatic carbocycles. The van der Waals surface area contributed by atoms with Crippen LogP contribution in [-0.2, 0) is 0 Å². The summed E-state index contributed by atoms with van der Waals surface area (Å²) in [7, 11) is 0. The van der Waals surface area contributed by atoms with Gasteiger partial charge in [-0.15, -0.1) is 0 Å². The lowest BCUT2D eigenvalue weighted by Gasteiger charge is -1.99. The fourth-order valence-corrected chi connectivity index (χ4v) is 1.41. The molecular formula is C7H6BrCl2N. The predicted molar refractivity (Wildman–Crippen MR) is 53.5 cm³/mol. The van der Waals surface area contributed by atoms with E-state index in [1.807, 2.05) is 12.2 Å². The fourth-order valence-electron chi connectivity index (χ4n) is 0.690. The molecule has 0 aromatic heterocycles. The summed E-state index contributed by atoms with van der Waals surface area (Å²) in [6.45, 7) is 0. The second kappa shape index (κ2) is 4.29. The number of aliphatic imine (C=N–C) groups is 1. The third-order valence-electron chi connectivity index (χ3n) is 1.21. The molecule has 1 aliphatic heterocycles. The molecule has 0 aliphatic carbocycles. The minimum Gasteiger partial charge on any atom is -0.224 e. The normalized spacial score (nSPS) is 19.4. The standard InChI is InChI=1S/C7H6BrCl2N/c8-5-3-1-2-4-6(9)11-7(5)10/h3-4H,1-2H2. The topological polar surface area (TPSA) is 12.4 Å². The Kier molecular flexibility index (Phi) is 3.63. The van der Waals surface area contributed by atoms with Gasteiger partial charge in [-0.3, -0.25) is 0 Å². The molecular weight excluding hydrogens is 249 g/mol. The molecule has 0 spiro atoms. The molecule has 0 aromatic rings. The van der Waals surface area contributed by atoms with Crippen molar-refractivity contribution in [3.05, 3.63) is 21.8 Å². The Balaban J connectivity index is 2.91. The lowest BCUT2D eigenvalue weighted by atomic mass is 10.3. The maximum absolute atomic E-state index is 5.75. The molecule has 1 heterocycles. The monoisotopic (exact) mass is 253 g/mol. The molecule has 1 nitrogen and oxygen atoms in total. The van der Waals surface area contributed by atoms with Gasteiger partial charge in [0.05, 0.1) is 4.48 Å². The van der Waals surface area contributed by atoms with E-state index in [-0.39, 0.29) is 0 Å². The van der Waals surface area contributed by atoms with Crippen molar-refractivity contribution in [2.75, 3.05) is 0 Å². The highest BCUT2D eigenvalue weighted by molar-refractivity contribution is 9.12. The van der Waals surface area contributed by atoms with Crippen molar-refractivity contribution < 1.29 is 0 Å². The van der Waals surface area contributed by atoms with Crippen molar-refractivity contribution in [1.29, 1.82) is 0 Å². The minimum absolute atomic E-state index is 0.408. The molecule has 1 aliphatic rings. The number of hydrogen-bond donors (Lipinski definition) is 0. The maximum Gasteiger partial charge on any atom is 0.144 e. The van der Waals surface area contributed by atoms with Gasteiger partial charge in [0, 0.05) is 0 Å². The van der Waals surface area contributed by atoms with Crippen LogP contribution >= 0.6 is 39.1 Å². The predicted octanol–water partition coefficient (Wildman–Crippen LogP) is 3.78. The summed E-state index contributed by atoms with van der Waals surface area (Å²) in [5.41, 5.74) is 0. The van der Waals surface area contributed by atoms with Crippen LogP contribution in [0.5, 0.6) is 0 Å². The fraction of sp³-hybridized carbons (Fsp3) is 0.286. The van der Waals surface area contributed by atoms with Gasteiger partial charge in [0.1, 0.15) is 10.3 Å². The third kappa shape index (κ3) is 2.97. The van der Waals surface area contributed by atoms with Crippen LogP contribution in [0.1, 0.15) is 12.8 Å². The Bertz CT molecular complexity index is 243.